The van der Waals surface area contributed by atoms with Crippen LogP contribution >= 0.6 is 0 Å². The number of fused-ring (bicyclic) bond motifs is 1. The number of hydrogen-bond donors (Lipinski definition) is 1. The third-order valence-corrected chi connectivity index (χ3v) is 4.05. The fourth-order valence-corrected chi connectivity index (χ4v) is 3.13. The highest BCUT2D eigenvalue weighted by Crippen LogP contribution is 2.28. The van der Waals surface area contributed by atoms with Crippen LogP contribution in [0.1, 0.15) is 24.6 Å². The van der Waals surface area contributed by atoms with E-state index in [0.717, 1.165) is 51.4 Å². The van der Waals surface area contributed by atoms with Crippen LogP contribution in [0.15, 0.2) is 6.33 Å². The molecule has 1 aromatic heterocycles. The SMILES string of the molecule is C[C@H](O)CN1CCN(c2ncnc3c2CCC3)CC1. The second-order valence-electron chi connectivity index (χ2n) is 5.61. The van der Waals surface area contributed by atoms with Gasteiger partial charge in [-0.15, -0.1) is 0 Å². The monoisotopic (exact) mass is 262 g/mol. The molecule has 104 valence electrons. The van der Waals surface area contributed by atoms with Gasteiger partial charge in [-0.3, -0.25) is 4.90 Å². The first-order valence-electron chi connectivity index (χ1n) is 7.22. The standard InChI is InChI=1S/C14H22N4O/c1-11(19)9-17-5-7-18(8-6-17)14-12-3-2-4-13(12)15-10-16-14/h10-11,19H,2-9H2,1H3/t11-/m0/s1. The highest BCUT2D eigenvalue weighted by atomic mass is 16.3. The van der Waals surface area contributed by atoms with Gasteiger partial charge >= 0.3 is 0 Å². The zero-order valence-electron chi connectivity index (χ0n) is 11.5. The number of aliphatic hydroxyl groups excluding tert-OH is 1. The normalized spacial score (nSPS) is 21.5. The largest absolute Gasteiger partial charge is 0.392 e. The molecular weight excluding hydrogens is 240 g/mol. The molecule has 1 aromatic rings. The molecule has 5 nitrogen and oxygen atoms in total. The molecule has 0 saturated carbocycles. The Morgan fingerprint density at radius 3 is 2.74 bits per heavy atom. The van der Waals surface area contributed by atoms with Gasteiger partial charge in [0.15, 0.2) is 0 Å². The van der Waals surface area contributed by atoms with Crippen molar-refractivity contribution in [3.05, 3.63) is 17.6 Å². The van der Waals surface area contributed by atoms with Crippen molar-refractivity contribution in [2.24, 2.45) is 0 Å². The Morgan fingerprint density at radius 2 is 2.00 bits per heavy atom. The predicted octanol–water partition coefficient (Wildman–Crippen LogP) is 0.468. The Balaban J connectivity index is 1.67. The summed E-state index contributed by atoms with van der Waals surface area (Å²) >= 11 is 0. The van der Waals surface area contributed by atoms with Gasteiger partial charge in [0.1, 0.15) is 12.1 Å². The Hall–Kier alpha value is -1.20. The molecule has 1 fully saturated rings. The molecule has 1 N–H and O–H groups in total. The molecule has 3 rings (SSSR count). The fourth-order valence-electron chi connectivity index (χ4n) is 3.13. The van der Waals surface area contributed by atoms with Crippen LogP contribution in [0.25, 0.3) is 0 Å². The molecule has 1 aliphatic carbocycles. The maximum Gasteiger partial charge on any atom is 0.135 e. The van der Waals surface area contributed by atoms with E-state index in [4.69, 9.17) is 0 Å². The molecule has 0 bridgehead atoms. The number of piperazine rings is 1. The van der Waals surface area contributed by atoms with Gasteiger partial charge < -0.3 is 10.0 Å². The molecule has 2 aliphatic rings. The van der Waals surface area contributed by atoms with Crippen molar-refractivity contribution in [3.8, 4) is 0 Å². The van der Waals surface area contributed by atoms with Crippen LogP contribution in [-0.2, 0) is 12.8 Å². The molecule has 1 aliphatic heterocycles. The second kappa shape index (κ2) is 5.43. The summed E-state index contributed by atoms with van der Waals surface area (Å²) in [6, 6.07) is 0. The average molecular weight is 262 g/mol. The Kier molecular flexibility index (Phi) is 3.66. The van der Waals surface area contributed by atoms with Crippen molar-refractivity contribution < 1.29 is 5.11 Å². The number of aliphatic hydroxyl groups is 1. The molecular formula is C14H22N4O. The van der Waals surface area contributed by atoms with Crippen LogP contribution in [0, 0.1) is 0 Å². The van der Waals surface area contributed by atoms with Crippen LogP contribution in [0.5, 0.6) is 0 Å². The van der Waals surface area contributed by atoms with E-state index in [9.17, 15) is 5.11 Å². The molecule has 0 radical (unpaired) electrons. The second-order valence-corrected chi connectivity index (χ2v) is 5.61. The van der Waals surface area contributed by atoms with Gasteiger partial charge in [0.2, 0.25) is 0 Å². The summed E-state index contributed by atoms with van der Waals surface area (Å²) in [7, 11) is 0. The van der Waals surface area contributed by atoms with Crippen LogP contribution in [0.4, 0.5) is 5.82 Å². The lowest BCUT2D eigenvalue weighted by Gasteiger charge is -2.36. The molecule has 0 unspecified atom stereocenters. The highest BCUT2D eigenvalue weighted by Gasteiger charge is 2.24. The highest BCUT2D eigenvalue weighted by molar-refractivity contribution is 5.50. The van der Waals surface area contributed by atoms with Crippen molar-refractivity contribution >= 4 is 5.82 Å². The van der Waals surface area contributed by atoms with Gasteiger partial charge in [-0.2, -0.15) is 0 Å². The number of hydrogen-bond acceptors (Lipinski definition) is 5. The van der Waals surface area contributed by atoms with E-state index in [1.165, 1.54) is 17.7 Å². The third kappa shape index (κ3) is 2.72. The summed E-state index contributed by atoms with van der Waals surface area (Å²) in [4.78, 5) is 13.6. The van der Waals surface area contributed by atoms with Crippen molar-refractivity contribution in [2.75, 3.05) is 37.6 Å². The average Bonchev–Trinajstić information content (AvgIpc) is 2.87. The maximum atomic E-state index is 9.44. The van der Waals surface area contributed by atoms with E-state index in [1.54, 1.807) is 6.33 Å². The number of aryl methyl sites for hydroxylation is 1. The summed E-state index contributed by atoms with van der Waals surface area (Å²) in [5, 5.41) is 9.44. The predicted molar refractivity (Wildman–Crippen MR) is 74.4 cm³/mol. The lowest BCUT2D eigenvalue weighted by Crippen LogP contribution is -2.48. The first kappa shape index (κ1) is 12.8. The number of aromatic nitrogens is 2. The van der Waals surface area contributed by atoms with E-state index in [2.05, 4.69) is 19.8 Å². The summed E-state index contributed by atoms with van der Waals surface area (Å²) in [5.74, 6) is 1.15. The summed E-state index contributed by atoms with van der Waals surface area (Å²) in [6.45, 7) is 6.62. The molecule has 0 spiro atoms. The van der Waals surface area contributed by atoms with Crippen LogP contribution in [-0.4, -0.2) is 58.8 Å². The Bertz CT molecular complexity index is 441. The Labute approximate surface area is 114 Å². The van der Waals surface area contributed by atoms with E-state index >= 15 is 0 Å². The van der Waals surface area contributed by atoms with Crippen LogP contribution in [0.3, 0.4) is 0 Å². The van der Waals surface area contributed by atoms with Crippen molar-refractivity contribution in [2.45, 2.75) is 32.3 Å². The van der Waals surface area contributed by atoms with E-state index < -0.39 is 0 Å². The molecule has 19 heavy (non-hydrogen) atoms. The van der Waals surface area contributed by atoms with Crippen LogP contribution < -0.4 is 4.90 Å². The molecule has 1 saturated heterocycles. The quantitative estimate of drug-likeness (QED) is 0.858. The molecule has 1 atom stereocenters. The third-order valence-electron chi connectivity index (χ3n) is 4.05. The maximum absolute atomic E-state index is 9.44. The first-order chi connectivity index (χ1) is 9.24. The number of nitrogens with zero attached hydrogens (tertiary/aromatic N) is 4. The number of anilines is 1. The fraction of sp³-hybridized carbons (Fsp3) is 0.714. The van der Waals surface area contributed by atoms with Gasteiger partial charge in [0.25, 0.3) is 0 Å². The minimum absolute atomic E-state index is 0.241. The van der Waals surface area contributed by atoms with Crippen LogP contribution in [0.2, 0.25) is 0 Å². The molecule has 2 heterocycles. The summed E-state index contributed by atoms with van der Waals surface area (Å²) in [6.07, 6.45) is 4.91. The van der Waals surface area contributed by atoms with Gasteiger partial charge in [-0.05, 0) is 26.2 Å². The number of rotatable bonds is 3. The molecule has 5 heteroatoms. The smallest absolute Gasteiger partial charge is 0.135 e. The van der Waals surface area contributed by atoms with E-state index in [-0.39, 0.29) is 6.10 Å². The van der Waals surface area contributed by atoms with E-state index in [0.29, 0.717) is 0 Å². The zero-order chi connectivity index (χ0) is 13.2. The van der Waals surface area contributed by atoms with Crippen molar-refractivity contribution in [1.82, 2.24) is 14.9 Å². The van der Waals surface area contributed by atoms with Crippen molar-refractivity contribution in [3.63, 3.8) is 0 Å². The first-order valence-corrected chi connectivity index (χ1v) is 7.22. The molecule has 0 aromatic carbocycles. The number of β-amino-alcohol motifs (C(OH)–C–C–N with tert-alkyl or cyclic N) is 1. The lowest BCUT2D eigenvalue weighted by molar-refractivity contribution is 0.122. The van der Waals surface area contributed by atoms with Gasteiger partial charge in [0, 0.05) is 44.0 Å². The molecule has 0 amide bonds. The minimum Gasteiger partial charge on any atom is -0.392 e. The minimum atomic E-state index is -0.241. The van der Waals surface area contributed by atoms with Crippen molar-refractivity contribution in [1.29, 1.82) is 0 Å². The zero-order valence-corrected chi connectivity index (χ0v) is 11.5. The van der Waals surface area contributed by atoms with Gasteiger partial charge in [-0.1, -0.05) is 0 Å². The lowest BCUT2D eigenvalue weighted by atomic mass is 10.2. The topological polar surface area (TPSA) is 52.5 Å². The van der Waals surface area contributed by atoms with Gasteiger partial charge in [0.05, 0.1) is 6.10 Å². The Morgan fingerprint density at radius 1 is 1.21 bits per heavy atom. The summed E-state index contributed by atoms with van der Waals surface area (Å²) < 4.78 is 0. The summed E-state index contributed by atoms with van der Waals surface area (Å²) in [5.41, 5.74) is 2.61. The van der Waals surface area contributed by atoms with E-state index in [1.807, 2.05) is 6.92 Å². The van der Waals surface area contributed by atoms with Gasteiger partial charge in [-0.25, -0.2) is 9.97 Å².